The summed E-state index contributed by atoms with van der Waals surface area (Å²) in [7, 11) is -2.68. The number of halogens is 1. The van der Waals surface area contributed by atoms with E-state index < -0.39 is 22.3 Å². The molecule has 1 atom stereocenters. The second kappa shape index (κ2) is 7.78. The lowest BCUT2D eigenvalue weighted by Crippen LogP contribution is -2.24. The summed E-state index contributed by atoms with van der Waals surface area (Å²) in [5, 5.41) is 20.4. The van der Waals surface area contributed by atoms with Crippen molar-refractivity contribution in [2.24, 2.45) is 0 Å². The monoisotopic (exact) mass is 328 g/mol. The summed E-state index contributed by atoms with van der Waals surface area (Å²) < 4.78 is 22.1. The summed E-state index contributed by atoms with van der Waals surface area (Å²) in [5.41, 5.74) is 0.532. The van der Waals surface area contributed by atoms with Gasteiger partial charge in [-0.25, -0.2) is 0 Å². The van der Waals surface area contributed by atoms with Crippen LogP contribution in [0.3, 0.4) is 0 Å². The molecule has 0 aliphatic heterocycles. The molecule has 0 saturated heterocycles. The van der Waals surface area contributed by atoms with Gasteiger partial charge in [0, 0.05) is 5.69 Å². The van der Waals surface area contributed by atoms with E-state index in [0.717, 1.165) is 0 Å². The average molecular weight is 329 g/mol. The highest BCUT2D eigenvalue weighted by molar-refractivity contribution is 7.74. The van der Waals surface area contributed by atoms with Crippen LogP contribution in [0, 0.1) is 11.3 Å². The van der Waals surface area contributed by atoms with Crippen molar-refractivity contribution in [3.63, 3.8) is 0 Å². The van der Waals surface area contributed by atoms with Crippen LogP contribution in [-0.4, -0.2) is 30.4 Å². The lowest BCUT2D eigenvalue weighted by Gasteiger charge is -2.07. The number of benzene rings is 1. The SMILES string of the molecule is CC(O)CCC(C(=O)Nc1ccc(C#N)c(Cl)c1)=S(=O)=O. The summed E-state index contributed by atoms with van der Waals surface area (Å²) in [5.74, 6) is -0.787. The predicted molar refractivity (Wildman–Crippen MR) is 79.6 cm³/mol. The Balaban J connectivity index is 2.91. The second-order valence-corrected chi connectivity index (χ2v) is 5.68. The van der Waals surface area contributed by atoms with Crippen LogP contribution in [0.5, 0.6) is 0 Å². The van der Waals surface area contributed by atoms with Crippen molar-refractivity contribution in [1.29, 1.82) is 5.26 Å². The molecule has 0 saturated carbocycles. The largest absolute Gasteiger partial charge is 0.393 e. The van der Waals surface area contributed by atoms with Crippen LogP contribution in [0.4, 0.5) is 5.69 Å². The van der Waals surface area contributed by atoms with Crippen LogP contribution in [0.1, 0.15) is 25.3 Å². The number of carbonyl (C=O) groups excluding carboxylic acids is 1. The molecule has 0 aliphatic carbocycles. The molecular formula is C13H13ClN2O4S. The van der Waals surface area contributed by atoms with Crippen molar-refractivity contribution < 1.29 is 18.3 Å². The third kappa shape index (κ3) is 5.19. The number of aliphatic hydroxyl groups excluding tert-OH is 1. The minimum absolute atomic E-state index is 0.0659. The van der Waals surface area contributed by atoms with E-state index in [0.29, 0.717) is 0 Å². The van der Waals surface area contributed by atoms with Gasteiger partial charge in [-0.15, -0.1) is 0 Å². The summed E-state index contributed by atoms with van der Waals surface area (Å²) in [6, 6.07) is 6.10. The fraction of sp³-hybridized carbons (Fsp3) is 0.308. The van der Waals surface area contributed by atoms with E-state index in [4.69, 9.17) is 22.0 Å². The fourth-order valence-electron chi connectivity index (χ4n) is 1.50. The van der Waals surface area contributed by atoms with Gasteiger partial charge < -0.3 is 10.4 Å². The Morgan fingerprint density at radius 3 is 2.67 bits per heavy atom. The van der Waals surface area contributed by atoms with Gasteiger partial charge in [0.2, 0.25) is 10.3 Å². The van der Waals surface area contributed by atoms with Gasteiger partial charge in [-0.2, -0.15) is 13.7 Å². The first-order valence-electron chi connectivity index (χ1n) is 5.99. The maximum atomic E-state index is 11.9. The van der Waals surface area contributed by atoms with Gasteiger partial charge in [0.15, 0.2) is 0 Å². The number of nitriles is 1. The smallest absolute Gasteiger partial charge is 0.267 e. The first kappa shape index (κ1) is 17.2. The molecule has 1 unspecified atom stereocenters. The maximum absolute atomic E-state index is 11.9. The minimum Gasteiger partial charge on any atom is -0.393 e. The first-order valence-corrected chi connectivity index (χ1v) is 7.44. The van der Waals surface area contributed by atoms with Crippen LogP contribution in [0.15, 0.2) is 18.2 Å². The number of hydrogen-bond donors (Lipinski definition) is 2. The number of nitrogens with zero attached hydrogens (tertiary/aromatic N) is 1. The average Bonchev–Trinajstić information content (AvgIpc) is 2.38. The number of amides is 1. The Morgan fingerprint density at radius 2 is 2.19 bits per heavy atom. The van der Waals surface area contributed by atoms with Crippen LogP contribution >= 0.6 is 11.6 Å². The fourth-order valence-corrected chi connectivity index (χ4v) is 2.21. The Hall–Kier alpha value is -1.88. The zero-order chi connectivity index (χ0) is 16.0. The Kier molecular flexibility index (Phi) is 6.37. The van der Waals surface area contributed by atoms with Crippen molar-refractivity contribution in [3.8, 4) is 6.07 Å². The van der Waals surface area contributed by atoms with Gasteiger partial charge in [-0.3, -0.25) is 4.79 Å². The van der Waals surface area contributed by atoms with E-state index in [-0.39, 0.29) is 34.0 Å². The van der Waals surface area contributed by atoms with E-state index in [2.05, 4.69) is 5.32 Å². The molecule has 2 N–H and O–H groups in total. The highest BCUT2D eigenvalue weighted by atomic mass is 35.5. The molecule has 6 nitrogen and oxygen atoms in total. The standard InChI is InChI=1S/C13H13ClN2O4S/c1-8(17)2-5-12(21(19)20)13(18)16-10-4-3-9(7-15)11(14)6-10/h3-4,6,8,17H,2,5H2,1H3,(H,16,18). The van der Waals surface area contributed by atoms with Crippen LogP contribution in [0.2, 0.25) is 5.02 Å². The van der Waals surface area contributed by atoms with E-state index in [1.807, 2.05) is 6.07 Å². The van der Waals surface area contributed by atoms with Crippen molar-refractivity contribution in [2.75, 3.05) is 5.32 Å². The van der Waals surface area contributed by atoms with Crippen molar-refractivity contribution >= 4 is 38.4 Å². The van der Waals surface area contributed by atoms with Crippen molar-refractivity contribution in [1.82, 2.24) is 0 Å². The second-order valence-electron chi connectivity index (χ2n) is 4.31. The van der Waals surface area contributed by atoms with E-state index in [9.17, 15) is 13.2 Å². The molecule has 0 aliphatic rings. The van der Waals surface area contributed by atoms with Gasteiger partial charge in [0.05, 0.1) is 16.7 Å². The Bertz CT molecular complexity index is 712. The van der Waals surface area contributed by atoms with E-state index in [1.165, 1.54) is 25.1 Å². The summed E-state index contributed by atoms with van der Waals surface area (Å²) in [4.78, 5) is 11.6. The molecule has 112 valence electrons. The molecule has 0 heterocycles. The molecule has 21 heavy (non-hydrogen) atoms. The number of aliphatic hydroxyl groups is 1. The molecular weight excluding hydrogens is 316 g/mol. The molecule has 1 amide bonds. The lowest BCUT2D eigenvalue weighted by molar-refractivity contribution is -0.110. The van der Waals surface area contributed by atoms with Gasteiger partial charge in [-0.1, -0.05) is 11.6 Å². The quantitative estimate of drug-likeness (QED) is 0.794. The third-order valence-corrected chi connectivity index (χ3v) is 3.70. The topological polar surface area (TPSA) is 107 Å². The first-order chi connectivity index (χ1) is 9.85. The highest BCUT2D eigenvalue weighted by Gasteiger charge is 2.15. The molecule has 0 aromatic heterocycles. The predicted octanol–water partition coefficient (Wildman–Crippen LogP) is 1.36. The summed E-state index contributed by atoms with van der Waals surface area (Å²) >= 11 is 5.82. The van der Waals surface area contributed by atoms with Crippen molar-refractivity contribution in [3.05, 3.63) is 28.8 Å². The van der Waals surface area contributed by atoms with Gasteiger partial charge in [0.25, 0.3) is 5.91 Å². The van der Waals surface area contributed by atoms with Crippen LogP contribution in [0.25, 0.3) is 0 Å². The van der Waals surface area contributed by atoms with Crippen LogP contribution < -0.4 is 5.32 Å². The number of nitrogens with one attached hydrogen (secondary N) is 1. The number of hydrogen-bond acceptors (Lipinski definition) is 5. The molecule has 0 spiro atoms. The maximum Gasteiger partial charge on any atom is 0.267 e. The van der Waals surface area contributed by atoms with Gasteiger partial charge in [0.1, 0.15) is 10.9 Å². The van der Waals surface area contributed by atoms with Gasteiger partial charge >= 0.3 is 0 Å². The third-order valence-electron chi connectivity index (χ3n) is 2.59. The minimum atomic E-state index is -2.68. The Labute approximate surface area is 128 Å². The molecule has 0 radical (unpaired) electrons. The Morgan fingerprint density at radius 1 is 1.52 bits per heavy atom. The number of anilines is 1. The zero-order valence-electron chi connectivity index (χ0n) is 11.1. The summed E-state index contributed by atoms with van der Waals surface area (Å²) in [6.07, 6.45) is -0.616. The number of carbonyl (C=O) groups is 1. The van der Waals surface area contributed by atoms with Crippen molar-refractivity contribution in [2.45, 2.75) is 25.9 Å². The lowest BCUT2D eigenvalue weighted by atomic mass is 10.1. The number of rotatable bonds is 5. The van der Waals surface area contributed by atoms with Crippen LogP contribution in [-0.2, 0) is 15.1 Å². The molecule has 0 bridgehead atoms. The normalized spacial score (nSPS) is 11.3. The molecule has 0 fully saturated rings. The molecule has 8 heteroatoms. The van der Waals surface area contributed by atoms with E-state index in [1.54, 1.807) is 0 Å². The molecule has 1 rings (SSSR count). The zero-order valence-corrected chi connectivity index (χ0v) is 12.7. The van der Waals surface area contributed by atoms with Gasteiger partial charge in [-0.05, 0) is 38.0 Å². The summed E-state index contributed by atoms with van der Waals surface area (Å²) in [6.45, 7) is 1.50. The van der Waals surface area contributed by atoms with E-state index >= 15 is 0 Å². The molecule has 1 aromatic carbocycles. The highest BCUT2D eigenvalue weighted by Crippen LogP contribution is 2.20. The molecule has 1 aromatic rings.